The molecule has 1 N–H and O–H groups in total. The molecule has 3 aliphatic rings. The summed E-state index contributed by atoms with van der Waals surface area (Å²) in [6, 6.07) is 3.99. The van der Waals surface area contributed by atoms with Gasteiger partial charge in [0.1, 0.15) is 5.76 Å². The zero-order chi connectivity index (χ0) is 17.7. The van der Waals surface area contributed by atoms with Gasteiger partial charge in [-0.1, -0.05) is 6.42 Å². The smallest absolute Gasteiger partial charge is 0.194 e. The van der Waals surface area contributed by atoms with Gasteiger partial charge >= 0.3 is 0 Å². The fraction of sp³-hybridized carbons (Fsp3) is 0.750. The molecule has 1 aliphatic carbocycles. The summed E-state index contributed by atoms with van der Waals surface area (Å²) < 4.78 is 10.9. The second-order valence-electron chi connectivity index (χ2n) is 7.94. The Balaban J connectivity index is 1.31. The minimum atomic E-state index is 0.591. The maximum absolute atomic E-state index is 5.45. The largest absolute Gasteiger partial charge is 0.469 e. The summed E-state index contributed by atoms with van der Waals surface area (Å²) in [5.74, 6) is 2.12. The molecule has 6 heteroatoms. The Labute approximate surface area is 156 Å². The van der Waals surface area contributed by atoms with E-state index in [9.17, 15) is 0 Å². The standard InChI is InChI=1S/C20H32N4O2/c1-3-18(26-14-1)4-8-21-19(22-9-11-23-12-15-25-16-13-23)24-10-7-20(17-24)5-2-6-20/h1,3,14H,2,4-13,15-17H2,(H,21,22). The molecule has 0 radical (unpaired) electrons. The molecule has 3 heterocycles. The number of guanidine groups is 1. The molecule has 0 atom stereocenters. The molecule has 0 unspecified atom stereocenters. The molecule has 1 aromatic rings. The third kappa shape index (κ3) is 4.41. The van der Waals surface area contributed by atoms with Gasteiger partial charge in [-0.2, -0.15) is 0 Å². The summed E-state index contributed by atoms with van der Waals surface area (Å²) in [5, 5.41) is 3.60. The van der Waals surface area contributed by atoms with Crippen LogP contribution in [0.15, 0.2) is 27.8 Å². The lowest BCUT2D eigenvalue weighted by Gasteiger charge is -2.38. The van der Waals surface area contributed by atoms with Gasteiger partial charge in [-0.15, -0.1) is 0 Å². The van der Waals surface area contributed by atoms with E-state index in [0.717, 1.165) is 70.6 Å². The summed E-state index contributed by atoms with van der Waals surface area (Å²) in [4.78, 5) is 9.90. The highest BCUT2D eigenvalue weighted by Gasteiger charge is 2.43. The van der Waals surface area contributed by atoms with Crippen LogP contribution in [0.4, 0.5) is 0 Å². The first-order valence-electron chi connectivity index (χ1n) is 10.2. The third-order valence-corrected chi connectivity index (χ3v) is 6.17. The van der Waals surface area contributed by atoms with Crippen LogP contribution >= 0.6 is 0 Å². The van der Waals surface area contributed by atoms with Crippen molar-refractivity contribution in [3.63, 3.8) is 0 Å². The molecule has 0 amide bonds. The molecule has 144 valence electrons. The highest BCUT2D eigenvalue weighted by molar-refractivity contribution is 5.80. The maximum Gasteiger partial charge on any atom is 0.194 e. The normalized spacial score (nSPS) is 23.4. The molecule has 26 heavy (non-hydrogen) atoms. The molecule has 2 aliphatic heterocycles. The molecule has 3 fully saturated rings. The first-order valence-corrected chi connectivity index (χ1v) is 10.2. The van der Waals surface area contributed by atoms with Crippen molar-refractivity contribution in [1.29, 1.82) is 0 Å². The molecule has 2 saturated heterocycles. The van der Waals surface area contributed by atoms with Crippen molar-refractivity contribution in [3.05, 3.63) is 24.2 Å². The summed E-state index contributed by atoms with van der Waals surface area (Å²) in [5.41, 5.74) is 0.591. The van der Waals surface area contributed by atoms with Gasteiger partial charge < -0.3 is 19.4 Å². The minimum Gasteiger partial charge on any atom is -0.469 e. The Morgan fingerprint density at radius 3 is 2.77 bits per heavy atom. The molecule has 4 rings (SSSR count). The van der Waals surface area contributed by atoms with E-state index in [-0.39, 0.29) is 0 Å². The SMILES string of the molecule is c1coc(CCNC(=NCCN2CCOCC2)N2CCC3(CCC3)C2)c1. The summed E-state index contributed by atoms with van der Waals surface area (Å²) in [6.07, 6.45) is 8.18. The maximum atomic E-state index is 5.45. The predicted molar refractivity (Wildman–Crippen MR) is 102 cm³/mol. The van der Waals surface area contributed by atoms with Gasteiger partial charge in [0.05, 0.1) is 26.0 Å². The highest BCUT2D eigenvalue weighted by atomic mass is 16.5. The Morgan fingerprint density at radius 1 is 1.19 bits per heavy atom. The lowest BCUT2D eigenvalue weighted by atomic mass is 9.68. The van der Waals surface area contributed by atoms with E-state index < -0.39 is 0 Å². The van der Waals surface area contributed by atoms with E-state index >= 15 is 0 Å². The van der Waals surface area contributed by atoms with Crippen LogP contribution in [0.2, 0.25) is 0 Å². The van der Waals surface area contributed by atoms with Crippen LogP contribution in [-0.4, -0.2) is 74.8 Å². The third-order valence-electron chi connectivity index (χ3n) is 6.17. The second kappa shape index (κ2) is 8.44. The van der Waals surface area contributed by atoms with Crippen molar-refractivity contribution in [2.45, 2.75) is 32.1 Å². The number of hydrogen-bond donors (Lipinski definition) is 1. The van der Waals surface area contributed by atoms with E-state index in [1.165, 1.54) is 32.2 Å². The monoisotopic (exact) mass is 360 g/mol. The molecule has 1 spiro atoms. The Morgan fingerprint density at radius 2 is 2.08 bits per heavy atom. The highest BCUT2D eigenvalue weighted by Crippen LogP contribution is 2.47. The van der Waals surface area contributed by atoms with Gasteiger partial charge in [-0.3, -0.25) is 9.89 Å². The summed E-state index contributed by atoms with van der Waals surface area (Å²) in [7, 11) is 0. The number of hydrogen-bond acceptors (Lipinski definition) is 4. The molecular formula is C20H32N4O2. The Kier molecular flexibility index (Phi) is 5.80. The average Bonchev–Trinajstić information content (AvgIpc) is 3.31. The van der Waals surface area contributed by atoms with Crippen molar-refractivity contribution in [1.82, 2.24) is 15.1 Å². The fourth-order valence-electron chi connectivity index (χ4n) is 4.34. The Bertz CT molecular complexity index is 577. The van der Waals surface area contributed by atoms with Crippen molar-refractivity contribution >= 4 is 5.96 Å². The quantitative estimate of drug-likeness (QED) is 0.621. The molecule has 0 bridgehead atoms. The second-order valence-corrected chi connectivity index (χ2v) is 7.94. The van der Waals surface area contributed by atoms with Gasteiger partial charge in [0.25, 0.3) is 0 Å². The number of ether oxygens (including phenoxy) is 1. The molecule has 0 aromatic carbocycles. The van der Waals surface area contributed by atoms with Crippen LogP contribution in [0.5, 0.6) is 0 Å². The van der Waals surface area contributed by atoms with Crippen LogP contribution in [-0.2, 0) is 11.2 Å². The average molecular weight is 361 g/mol. The Hall–Kier alpha value is -1.53. The first kappa shape index (κ1) is 17.9. The van der Waals surface area contributed by atoms with Gasteiger partial charge in [0, 0.05) is 45.7 Å². The number of furan rings is 1. The van der Waals surface area contributed by atoms with Crippen LogP contribution < -0.4 is 5.32 Å². The number of morpholine rings is 1. The molecule has 6 nitrogen and oxygen atoms in total. The first-order chi connectivity index (χ1) is 12.8. The molecule has 1 saturated carbocycles. The van der Waals surface area contributed by atoms with Crippen molar-refractivity contribution in [3.8, 4) is 0 Å². The van der Waals surface area contributed by atoms with E-state index in [1.807, 2.05) is 12.1 Å². The van der Waals surface area contributed by atoms with Crippen LogP contribution in [0, 0.1) is 5.41 Å². The predicted octanol–water partition coefficient (Wildman–Crippen LogP) is 1.98. The number of aliphatic imine (C=N–C) groups is 1. The fourth-order valence-corrected chi connectivity index (χ4v) is 4.34. The summed E-state index contributed by atoms with van der Waals surface area (Å²) in [6.45, 7) is 8.83. The van der Waals surface area contributed by atoms with Gasteiger partial charge in [0.15, 0.2) is 5.96 Å². The lowest BCUT2D eigenvalue weighted by Crippen LogP contribution is -2.44. The molecular weight excluding hydrogens is 328 g/mol. The van der Waals surface area contributed by atoms with Gasteiger partial charge in [0.2, 0.25) is 0 Å². The van der Waals surface area contributed by atoms with E-state index in [4.69, 9.17) is 14.1 Å². The number of rotatable bonds is 6. The molecule has 1 aromatic heterocycles. The van der Waals surface area contributed by atoms with Crippen molar-refractivity contribution in [2.75, 3.05) is 59.0 Å². The van der Waals surface area contributed by atoms with E-state index in [1.54, 1.807) is 6.26 Å². The van der Waals surface area contributed by atoms with E-state index in [0.29, 0.717) is 5.41 Å². The number of nitrogens with zero attached hydrogens (tertiary/aromatic N) is 3. The van der Waals surface area contributed by atoms with Crippen LogP contribution in [0.3, 0.4) is 0 Å². The van der Waals surface area contributed by atoms with Crippen LogP contribution in [0.25, 0.3) is 0 Å². The zero-order valence-electron chi connectivity index (χ0n) is 15.8. The summed E-state index contributed by atoms with van der Waals surface area (Å²) >= 11 is 0. The van der Waals surface area contributed by atoms with Crippen molar-refractivity contribution in [2.24, 2.45) is 10.4 Å². The number of nitrogens with one attached hydrogen (secondary N) is 1. The number of likely N-dealkylation sites (tertiary alicyclic amines) is 1. The van der Waals surface area contributed by atoms with Crippen LogP contribution in [0.1, 0.15) is 31.4 Å². The van der Waals surface area contributed by atoms with Crippen molar-refractivity contribution < 1.29 is 9.15 Å². The van der Waals surface area contributed by atoms with E-state index in [2.05, 4.69) is 15.1 Å². The minimum absolute atomic E-state index is 0.591. The topological polar surface area (TPSA) is 53.2 Å². The zero-order valence-corrected chi connectivity index (χ0v) is 15.8. The van der Waals surface area contributed by atoms with Gasteiger partial charge in [-0.05, 0) is 36.8 Å². The van der Waals surface area contributed by atoms with Gasteiger partial charge in [-0.25, -0.2) is 0 Å². The lowest BCUT2D eigenvalue weighted by molar-refractivity contribution is 0.0394.